The Morgan fingerprint density at radius 2 is 1.89 bits per heavy atom. The zero-order valence-corrected chi connectivity index (χ0v) is 18.5. The predicted molar refractivity (Wildman–Crippen MR) is 116 cm³/mol. The number of carboxylic acid groups (broad SMARTS) is 2. The van der Waals surface area contributed by atoms with Crippen molar-refractivity contribution in [3.8, 4) is 0 Å². The van der Waals surface area contributed by atoms with Gasteiger partial charge < -0.3 is 44.8 Å². The molecule has 1 fully saturated rings. The first kappa shape index (κ1) is 26.5. The van der Waals surface area contributed by atoms with Crippen molar-refractivity contribution in [3.63, 3.8) is 0 Å². The van der Waals surface area contributed by atoms with Gasteiger partial charge in [0.15, 0.2) is 18.7 Å². The van der Waals surface area contributed by atoms with E-state index in [0.29, 0.717) is 5.56 Å². The number of pyridine rings is 1. The van der Waals surface area contributed by atoms with Crippen LogP contribution in [0.2, 0.25) is 0 Å². The Morgan fingerprint density at radius 3 is 2.51 bits per heavy atom. The highest BCUT2D eigenvalue weighted by atomic mass is 16.8. The number of hydrogen-bond donors (Lipinski definition) is 6. The lowest BCUT2D eigenvalue weighted by atomic mass is 9.83. The van der Waals surface area contributed by atoms with Crippen molar-refractivity contribution in [1.82, 2.24) is 0 Å². The lowest BCUT2D eigenvalue weighted by Gasteiger charge is -2.42. The van der Waals surface area contributed by atoms with Crippen LogP contribution >= 0.6 is 0 Å². The molecule has 0 spiro atoms. The van der Waals surface area contributed by atoms with Crippen LogP contribution in [0.1, 0.15) is 5.56 Å². The Bertz CT molecular complexity index is 991. The van der Waals surface area contributed by atoms with Crippen molar-refractivity contribution >= 4 is 18.0 Å². The molecule has 0 bridgehead atoms. The molecular weight excluding hydrogens is 466 g/mol. The third kappa shape index (κ3) is 6.11. The van der Waals surface area contributed by atoms with Crippen molar-refractivity contribution in [1.29, 1.82) is 0 Å². The minimum absolute atomic E-state index is 0.103. The van der Waals surface area contributed by atoms with Crippen LogP contribution in [-0.2, 0) is 30.3 Å². The van der Waals surface area contributed by atoms with E-state index in [2.05, 4.69) is 6.58 Å². The van der Waals surface area contributed by atoms with Crippen LogP contribution in [0.15, 0.2) is 55.1 Å². The van der Waals surface area contributed by atoms with Crippen LogP contribution in [0.3, 0.4) is 0 Å². The number of aliphatic hydroxyl groups excluding tert-OH is 4. The fraction of sp³-hybridized carbons (Fsp3) is 0.435. The Labute approximate surface area is 200 Å². The second kappa shape index (κ2) is 11.5. The molecule has 0 amide bonds. The molecule has 0 aliphatic carbocycles. The molecule has 12 heteroatoms. The maximum Gasteiger partial charge on any atom is 0.370 e. The molecule has 2 aliphatic rings. The number of aliphatic carboxylic acids is 2. The van der Waals surface area contributed by atoms with Crippen molar-refractivity contribution in [2.75, 3.05) is 6.61 Å². The normalized spacial score (nSPS) is 33.1. The van der Waals surface area contributed by atoms with E-state index >= 15 is 0 Å². The molecule has 12 nitrogen and oxygen atoms in total. The summed E-state index contributed by atoms with van der Waals surface area (Å²) >= 11 is 0. The molecule has 0 radical (unpaired) electrons. The van der Waals surface area contributed by atoms with E-state index in [4.69, 9.17) is 19.3 Å². The summed E-state index contributed by atoms with van der Waals surface area (Å²) in [5, 5.41) is 58.2. The lowest BCUT2D eigenvalue weighted by Crippen LogP contribution is -2.60. The van der Waals surface area contributed by atoms with Crippen molar-refractivity contribution < 1.29 is 59.0 Å². The fourth-order valence-corrected chi connectivity index (χ4v) is 3.91. The van der Waals surface area contributed by atoms with E-state index in [0.717, 1.165) is 6.26 Å². The summed E-state index contributed by atoms with van der Waals surface area (Å²) in [4.78, 5) is 22.8. The molecule has 0 saturated carbocycles. The third-order valence-corrected chi connectivity index (χ3v) is 5.75. The molecule has 0 unspecified atom stereocenters. The summed E-state index contributed by atoms with van der Waals surface area (Å²) in [6.07, 6.45) is -0.00352. The van der Waals surface area contributed by atoms with Crippen molar-refractivity contribution in [2.45, 2.75) is 43.5 Å². The van der Waals surface area contributed by atoms with Gasteiger partial charge in [-0.1, -0.05) is 18.2 Å². The summed E-state index contributed by atoms with van der Waals surface area (Å²) in [5.74, 6) is -3.85. The zero-order valence-electron chi connectivity index (χ0n) is 18.5. The summed E-state index contributed by atoms with van der Waals surface area (Å²) in [6, 6.07) is 3.36. The number of carbonyl (C=O) groups is 2. The topological polar surface area (TPSA) is 187 Å². The highest BCUT2D eigenvalue weighted by Crippen LogP contribution is 2.36. The van der Waals surface area contributed by atoms with Crippen LogP contribution in [-0.4, -0.2) is 86.2 Å². The van der Waals surface area contributed by atoms with E-state index in [1.54, 1.807) is 36.7 Å². The largest absolute Gasteiger partial charge is 0.478 e. The van der Waals surface area contributed by atoms with Gasteiger partial charge in [0.25, 0.3) is 0 Å². The molecule has 1 aromatic heterocycles. The smallest absolute Gasteiger partial charge is 0.370 e. The standard InChI is InChI=1S/C23H27NO11/c1-2-13-14(6-5-12-4-3-7-24(8-12)9-17(26)27)15(21(31)32)11-33-22(13)35-23-20(30)19(29)18(28)16(10-25)34-23/h2-8,11,13-14,16,18-20,22-23,25,28-30H,1,9-10H2,(H-,26,27,31,32)/p+1/b6-5+/t13-,14+,16-,18-,19+,20-,22+,23+/m1/s1. The van der Waals surface area contributed by atoms with Crippen LogP contribution in [0.5, 0.6) is 0 Å². The van der Waals surface area contributed by atoms with E-state index in [1.165, 1.54) is 10.6 Å². The highest BCUT2D eigenvalue weighted by molar-refractivity contribution is 5.88. The molecule has 35 heavy (non-hydrogen) atoms. The van der Waals surface area contributed by atoms with Crippen LogP contribution in [0, 0.1) is 11.8 Å². The monoisotopic (exact) mass is 494 g/mol. The van der Waals surface area contributed by atoms with Gasteiger partial charge in [-0.25, -0.2) is 9.59 Å². The zero-order chi connectivity index (χ0) is 25.7. The lowest BCUT2D eigenvalue weighted by molar-refractivity contribution is -0.685. The average Bonchev–Trinajstić information content (AvgIpc) is 2.82. The maximum absolute atomic E-state index is 11.8. The first-order valence-corrected chi connectivity index (χ1v) is 10.7. The van der Waals surface area contributed by atoms with Gasteiger partial charge in [0.2, 0.25) is 12.8 Å². The molecule has 1 saturated heterocycles. The molecule has 2 aliphatic heterocycles. The van der Waals surface area contributed by atoms with E-state index in [9.17, 15) is 35.1 Å². The van der Waals surface area contributed by atoms with Gasteiger partial charge in [-0.2, -0.15) is 4.57 Å². The fourth-order valence-electron chi connectivity index (χ4n) is 3.91. The summed E-state index contributed by atoms with van der Waals surface area (Å²) in [6.45, 7) is 2.84. The number of carboxylic acids is 2. The molecule has 6 N–H and O–H groups in total. The van der Waals surface area contributed by atoms with E-state index in [1.807, 2.05) is 0 Å². The Kier molecular flexibility index (Phi) is 8.72. The number of aromatic nitrogens is 1. The Hall–Kier alpha value is -3.13. The summed E-state index contributed by atoms with van der Waals surface area (Å²) < 4.78 is 17.9. The number of aliphatic hydroxyl groups is 4. The molecule has 8 atom stereocenters. The average molecular weight is 494 g/mol. The summed E-state index contributed by atoms with van der Waals surface area (Å²) in [7, 11) is 0. The SMILES string of the molecule is C=C[C@H]1[C@H](O[C@@H]2O[C@H](CO)[C@@H](O)[C@H](O)[C@H]2O)OC=C(C(=O)O)[C@H]1/C=C/c1ccc[n+](CC(=O)O)c1. The second-order valence-corrected chi connectivity index (χ2v) is 8.12. The van der Waals surface area contributed by atoms with Crippen LogP contribution in [0.4, 0.5) is 0 Å². The maximum atomic E-state index is 11.8. The molecule has 3 heterocycles. The quantitative estimate of drug-likeness (QED) is 0.176. The van der Waals surface area contributed by atoms with Gasteiger partial charge in [-0.3, -0.25) is 0 Å². The van der Waals surface area contributed by atoms with Crippen LogP contribution in [0.25, 0.3) is 6.08 Å². The number of rotatable bonds is 9. The number of ether oxygens (including phenoxy) is 3. The summed E-state index contributed by atoms with van der Waals surface area (Å²) in [5.41, 5.74) is 0.508. The molecule has 1 aromatic rings. The number of allylic oxidation sites excluding steroid dienone is 1. The number of nitrogens with zero attached hydrogens (tertiary/aromatic N) is 1. The Balaban J connectivity index is 1.84. The van der Waals surface area contributed by atoms with Crippen LogP contribution < -0.4 is 4.57 Å². The van der Waals surface area contributed by atoms with Gasteiger partial charge in [0.1, 0.15) is 24.4 Å². The molecule has 3 rings (SSSR count). The molecular formula is C23H28NO11+. The van der Waals surface area contributed by atoms with E-state index in [-0.39, 0.29) is 12.1 Å². The molecule has 0 aromatic carbocycles. The first-order valence-electron chi connectivity index (χ1n) is 10.7. The van der Waals surface area contributed by atoms with Gasteiger partial charge in [0, 0.05) is 17.5 Å². The molecule has 190 valence electrons. The minimum Gasteiger partial charge on any atom is -0.478 e. The third-order valence-electron chi connectivity index (χ3n) is 5.75. The minimum atomic E-state index is -1.67. The number of hydrogen-bond acceptors (Lipinski definition) is 9. The predicted octanol–water partition coefficient (Wildman–Crippen LogP) is -1.37. The van der Waals surface area contributed by atoms with E-state index < -0.39 is 67.4 Å². The van der Waals surface area contributed by atoms with Crippen molar-refractivity contribution in [2.24, 2.45) is 11.8 Å². The van der Waals surface area contributed by atoms with Gasteiger partial charge >= 0.3 is 11.9 Å². The van der Waals surface area contributed by atoms with Gasteiger partial charge in [0.05, 0.1) is 24.4 Å². The highest BCUT2D eigenvalue weighted by Gasteiger charge is 2.47. The van der Waals surface area contributed by atoms with Crippen molar-refractivity contribution in [3.05, 3.63) is 60.7 Å². The second-order valence-electron chi connectivity index (χ2n) is 8.12. The van der Waals surface area contributed by atoms with Gasteiger partial charge in [-0.05, 0) is 6.07 Å². The van der Waals surface area contributed by atoms with Gasteiger partial charge in [-0.15, -0.1) is 6.58 Å². The Morgan fingerprint density at radius 1 is 1.14 bits per heavy atom. The first-order chi connectivity index (χ1) is 16.7.